The number of hydrogen-bond acceptors (Lipinski definition) is 1. The summed E-state index contributed by atoms with van der Waals surface area (Å²) >= 11 is 0. The van der Waals surface area contributed by atoms with Crippen LogP contribution in [0.2, 0.25) is 0 Å². The summed E-state index contributed by atoms with van der Waals surface area (Å²) in [6.07, 6.45) is 5.89. The summed E-state index contributed by atoms with van der Waals surface area (Å²) in [5.41, 5.74) is 3.80. The number of anilines is 1. The van der Waals surface area contributed by atoms with Crippen LogP contribution in [-0.4, -0.2) is 23.5 Å². The fourth-order valence-electron chi connectivity index (χ4n) is 3.02. The van der Waals surface area contributed by atoms with Crippen LogP contribution in [-0.2, 0) is 12.8 Å². The van der Waals surface area contributed by atoms with Crippen molar-refractivity contribution in [2.45, 2.75) is 52.0 Å². The van der Waals surface area contributed by atoms with Crippen LogP contribution in [0.15, 0.2) is 18.2 Å². The van der Waals surface area contributed by atoms with Crippen molar-refractivity contribution >= 4 is 11.7 Å². The van der Waals surface area contributed by atoms with E-state index in [1.165, 1.54) is 24.0 Å². The normalized spacial score (nSPS) is 17.1. The van der Waals surface area contributed by atoms with Gasteiger partial charge in [0.1, 0.15) is 0 Å². The second-order valence-corrected chi connectivity index (χ2v) is 6.54. The number of carbonyl (C=O) groups excluding carboxylic acids is 1. The topological polar surface area (TPSA) is 32.3 Å². The number of carbonyl (C=O) groups is 1. The van der Waals surface area contributed by atoms with Gasteiger partial charge in [0.15, 0.2) is 0 Å². The minimum absolute atomic E-state index is 0.0687. The lowest BCUT2D eigenvalue weighted by molar-refractivity contribution is 0.201. The molecule has 108 valence electrons. The number of aryl methyl sites for hydroxylation is 2. The lowest BCUT2D eigenvalue weighted by atomic mass is 10.1. The Bertz CT molecular complexity index is 506. The van der Waals surface area contributed by atoms with E-state index >= 15 is 0 Å². The van der Waals surface area contributed by atoms with Crippen LogP contribution in [0.4, 0.5) is 10.5 Å². The molecule has 0 saturated heterocycles. The fourth-order valence-corrected chi connectivity index (χ4v) is 3.02. The van der Waals surface area contributed by atoms with Crippen LogP contribution >= 0.6 is 0 Å². The van der Waals surface area contributed by atoms with Gasteiger partial charge < -0.3 is 10.2 Å². The molecule has 20 heavy (non-hydrogen) atoms. The first kappa shape index (κ1) is 13.5. The van der Waals surface area contributed by atoms with Crippen molar-refractivity contribution in [3.8, 4) is 0 Å². The maximum atomic E-state index is 12.4. The highest BCUT2D eigenvalue weighted by Gasteiger charge is 2.32. The molecule has 1 saturated carbocycles. The van der Waals surface area contributed by atoms with Crippen molar-refractivity contribution in [3.05, 3.63) is 29.3 Å². The van der Waals surface area contributed by atoms with Crippen LogP contribution in [0.3, 0.4) is 0 Å². The molecule has 1 aromatic carbocycles. The third-order valence-corrected chi connectivity index (χ3v) is 4.16. The fraction of sp³-hybridized carbons (Fsp3) is 0.588. The van der Waals surface area contributed by atoms with E-state index in [2.05, 4.69) is 31.3 Å². The highest BCUT2D eigenvalue weighted by Crippen LogP contribution is 2.29. The van der Waals surface area contributed by atoms with Gasteiger partial charge in [-0.1, -0.05) is 19.9 Å². The molecule has 0 unspecified atom stereocenters. The molecule has 2 aliphatic carbocycles. The summed E-state index contributed by atoms with van der Waals surface area (Å²) in [6.45, 7) is 5.18. The smallest absolute Gasteiger partial charge is 0.321 e. The monoisotopic (exact) mass is 272 g/mol. The van der Waals surface area contributed by atoms with Crippen molar-refractivity contribution in [1.29, 1.82) is 0 Å². The van der Waals surface area contributed by atoms with Gasteiger partial charge in [0, 0.05) is 18.3 Å². The average molecular weight is 272 g/mol. The third kappa shape index (κ3) is 2.97. The summed E-state index contributed by atoms with van der Waals surface area (Å²) in [6, 6.07) is 6.90. The number of urea groups is 1. The highest BCUT2D eigenvalue weighted by atomic mass is 16.2. The molecule has 0 aliphatic heterocycles. The summed E-state index contributed by atoms with van der Waals surface area (Å²) in [4.78, 5) is 14.5. The molecule has 0 spiro atoms. The first-order valence-electron chi connectivity index (χ1n) is 7.83. The molecule has 0 radical (unpaired) electrons. The largest absolute Gasteiger partial charge is 0.322 e. The lowest BCUT2D eigenvalue weighted by Gasteiger charge is -2.24. The zero-order valence-electron chi connectivity index (χ0n) is 12.5. The zero-order valence-corrected chi connectivity index (χ0v) is 12.5. The van der Waals surface area contributed by atoms with Crippen LogP contribution in [0, 0.1) is 5.92 Å². The van der Waals surface area contributed by atoms with E-state index in [0.717, 1.165) is 31.5 Å². The van der Waals surface area contributed by atoms with Crippen LogP contribution < -0.4 is 5.32 Å². The van der Waals surface area contributed by atoms with E-state index in [0.29, 0.717) is 12.0 Å². The van der Waals surface area contributed by atoms with Crippen LogP contribution in [0.1, 0.15) is 44.2 Å². The highest BCUT2D eigenvalue weighted by molar-refractivity contribution is 5.90. The van der Waals surface area contributed by atoms with E-state index in [1.54, 1.807) is 0 Å². The van der Waals surface area contributed by atoms with E-state index in [4.69, 9.17) is 0 Å². The van der Waals surface area contributed by atoms with Gasteiger partial charge in [-0.25, -0.2) is 4.79 Å². The number of amides is 2. The van der Waals surface area contributed by atoms with Crippen molar-refractivity contribution in [2.24, 2.45) is 5.92 Å². The first-order chi connectivity index (χ1) is 9.63. The van der Waals surface area contributed by atoms with Gasteiger partial charge in [-0.3, -0.25) is 0 Å². The second-order valence-electron chi connectivity index (χ2n) is 6.54. The minimum atomic E-state index is 0.0687. The van der Waals surface area contributed by atoms with E-state index in [-0.39, 0.29) is 6.03 Å². The van der Waals surface area contributed by atoms with Crippen molar-refractivity contribution in [1.82, 2.24) is 4.90 Å². The maximum absolute atomic E-state index is 12.4. The van der Waals surface area contributed by atoms with Gasteiger partial charge in [-0.05, 0) is 61.3 Å². The van der Waals surface area contributed by atoms with Gasteiger partial charge in [-0.15, -0.1) is 0 Å². The molecule has 0 heterocycles. The van der Waals surface area contributed by atoms with Gasteiger partial charge in [0.05, 0.1) is 0 Å². The van der Waals surface area contributed by atoms with E-state index in [1.807, 2.05) is 11.0 Å². The molecule has 2 amide bonds. The molecule has 0 aromatic heterocycles. The van der Waals surface area contributed by atoms with Gasteiger partial charge >= 0.3 is 6.03 Å². The number of hydrogen-bond donors (Lipinski definition) is 1. The molecule has 3 rings (SSSR count). The number of benzene rings is 1. The summed E-state index contributed by atoms with van der Waals surface area (Å²) in [5.74, 6) is 0.515. The van der Waals surface area contributed by atoms with Gasteiger partial charge in [0.25, 0.3) is 0 Å². The maximum Gasteiger partial charge on any atom is 0.322 e. The minimum Gasteiger partial charge on any atom is -0.321 e. The summed E-state index contributed by atoms with van der Waals surface area (Å²) in [7, 11) is 0. The molecule has 1 N–H and O–H groups in total. The predicted molar refractivity (Wildman–Crippen MR) is 82.1 cm³/mol. The third-order valence-electron chi connectivity index (χ3n) is 4.16. The Morgan fingerprint density at radius 1 is 1.30 bits per heavy atom. The Kier molecular flexibility index (Phi) is 3.68. The molecule has 3 nitrogen and oxygen atoms in total. The Morgan fingerprint density at radius 3 is 2.75 bits per heavy atom. The van der Waals surface area contributed by atoms with E-state index < -0.39 is 0 Å². The van der Waals surface area contributed by atoms with Crippen molar-refractivity contribution in [3.63, 3.8) is 0 Å². The van der Waals surface area contributed by atoms with Crippen molar-refractivity contribution < 1.29 is 4.79 Å². The van der Waals surface area contributed by atoms with E-state index in [9.17, 15) is 4.79 Å². The first-order valence-corrected chi connectivity index (χ1v) is 7.83. The number of rotatable bonds is 4. The number of nitrogens with one attached hydrogen (secondary N) is 1. The Labute approximate surface area is 121 Å². The SMILES string of the molecule is CC(C)CN(C(=O)Nc1ccc2c(c1)CCC2)C1CC1. The Hall–Kier alpha value is -1.51. The molecule has 1 aromatic rings. The van der Waals surface area contributed by atoms with Crippen LogP contribution in [0.25, 0.3) is 0 Å². The average Bonchev–Trinajstić information content (AvgIpc) is 3.13. The molecule has 1 fully saturated rings. The molecular formula is C17H24N2O. The van der Waals surface area contributed by atoms with Crippen LogP contribution in [0.5, 0.6) is 0 Å². The number of fused-ring (bicyclic) bond motifs is 1. The predicted octanol–water partition coefficient (Wildman–Crippen LogP) is 3.83. The molecular weight excluding hydrogens is 248 g/mol. The summed E-state index contributed by atoms with van der Waals surface area (Å²) in [5, 5.41) is 3.09. The Balaban J connectivity index is 1.68. The molecule has 3 heteroatoms. The summed E-state index contributed by atoms with van der Waals surface area (Å²) < 4.78 is 0. The van der Waals surface area contributed by atoms with Gasteiger partial charge in [-0.2, -0.15) is 0 Å². The molecule has 0 atom stereocenters. The lowest BCUT2D eigenvalue weighted by Crippen LogP contribution is -2.39. The van der Waals surface area contributed by atoms with Crippen molar-refractivity contribution in [2.75, 3.05) is 11.9 Å². The zero-order chi connectivity index (χ0) is 14.1. The standard InChI is InChI=1S/C17H24N2O/c1-12(2)11-19(16-8-9-16)17(20)18-15-7-6-13-4-3-5-14(13)10-15/h6-7,10,12,16H,3-5,8-9,11H2,1-2H3,(H,18,20). The Morgan fingerprint density at radius 2 is 2.05 bits per heavy atom. The molecule has 0 bridgehead atoms. The quantitative estimate of drug-likeness (QED) is 0.887. The second kappa shape index (κ2) is 5.47. The number of nitrogens with zero attached hydrogens (tertiary/aromatic N) is 1. The van der Waals surface area contributed by atoms with Gasteiger partial charge in [0.2, 0.25) is 0 Å². The molecule has 2 aliphatic rings.